The summed E-state index contributed by atoms with van der Waals surface area (Å²) in [7, 11) is 1.98. The quantitative estimate of drug-likeness (QED) is 0.488. The number of carbonyl (C=O) groups is 4. The number of piperidine rings is 2. The number of pyridine rings is 1. The molecule has 0 aromatic carbocycles. The summed E-state index contributed by atoms with van der Waals surface area (Å²) in [5, 5.41) is 23.7. The molecule has 0 unspecified atom stereocenters. The van der Waals surface area contributed by atoms with Crippen LogP contribution in [-0.2, 0) is 14.4 Å². The van der Waals surface area contributed by atoms with Crippen molar-refractivity contribution in [1.82, 2.24) is 9.88 Å². The van der Waals surface area contributed by atoms with Gasteiger partial charge in [0.15, 0.2) is 0 Å². The molecule has 1 aromatic heterocycles. The van der Waals surface area contributed by atoms with Crippen molar-refractivity contribution in [1.29, 1.82) is 0 Å². The highest BCUT2D eigenvalue weighted by atomic mass is 16.4. The average Bonchev–Trinajstić information content (AvgIpc) is 2.70. The Morgan fingerprint density at radius 1 is 1.19 bits per heavy atom. The van der Waals surface area contributed by atoms with Gasteiger partial charge in [0.2, 0.25) is 0 Å². The Labute approximate surface area is 180 Å². The van der Waals surface area contributed by atoms with E-state index in [0.29, 0.717) is 37.3 Å². The molecule has 0 saturated carbocycles. The molecule has 0 radical (unpaired) electrons. The Hall–Kier alpha value is -3.21. The van der Waals surface area contributed by atoms with Gasteiger partial charge in [-0.05, 0) is 58.3 Å². The van der Waals surface area contributed by atoms with Crippen molar-refractivity contribution in [3.8, 4) is 0 Å². The molecule has 2 saturated heterocycles. The second-order valence-electron chi connectivity index (χ2n) is 7.59. The summed E-state index contributed by atoms with van der Waals surface area (Å²) in [6.07, 6.45) is 2.14. The average molecular weight is 438 g/mol. The number of anilines is 1. The van der Waals surface area contributed by atoms with Crippen molar-refractivity contribution >= 4 is 30.6 Å². The fourth-order valence-corrected chi connectivity index (χ4v) is 4.29. The predicted octanol–water partition coefficient (Wildman–Crippen LogP) is 0.574. The number of fused-ring (bicyclic) bond motifs is 1. The van der Waals surface area contributed by atoms with Gasteiger partial charge in [-0.25, -0.2) is 4.98 Å². The molecule has 11 heteroatoms. The molecule has 1 aromatic rings. The van der Waals surface area contributed by atoms with Gasteiger partial charge in [0.25, 0.3) is 18.9 Å². The highest BCUT2D eigenvalue weighted by molar-refractivity contribution is 5.98. The first-order valence-corrected chi connectivity index (χ1v) is 9.71. The number of likely N-dealkylation sites (tertiary alicyclic amines) is 1. The number of carboxylic acids is 1. The van der Waals surface area contributed by atoms with Crippen LogP contribution < -0.4 is 10.6 Å². The molecule has 0 spiro atoms. The first kappa shape index (κ1) is 25.8. The molecular formula is C20H30N4O7. The first-order valence-electron chi connectivity index (χ1n) is 9.71. The number of hydrogen-bond donors (Lipinski definition) is 4. The summed E-state index contributed by atoms with van der Waals surface area (Å²) in [5.41, 5.74) is 7.03. The number of hydrogen-bond acceptors (Lipinski definition) is 7. The number of carbonyl (C=O) groups excluding carboxylic acids is 1. The first-order chi connectivity index (χ1) is 14.6. The third-order valence-electron chi connectivity index (χ3n) is 5.96. The van der Waals surface area contributed by atoms with E-state index in [9.17, 15) is 14.7 Å². The van der Waals surface area contributed by atoms with E-state index in [1.807, 2.05) is 25.8 Å². The van der Waals surface area contributed by atoms with E-state index in [0.717, 1.165) is 24.2 Å². The molecule has 2 aliphatic rings. The molecule has 2 aliphatic heterocycles. The van der Waals surface area contributed by atoms with Gasteiger partial charge in [-0.3, -0.25) is 19.2 Å². The SMILES string of the molecule is Cc1cc(C(N)=O)c(N2CC[C@@]3(C(=O)O)CCCN(C)[C@@H]3C2)nc1C.O=CO.O=CO. The maximum atomic E-state index is 12.0. The number of nitrogens with two attached hydrogens (primary N) is 1. The summed E-state index contributed by atoms with van der Waals surface area (Å²) in [6, 6.07) is 1.68. The topological polar surface area (TPSA) is 174 Å². The third kappa shape index (κ3) is 5.69. The Balaban J connectivity index is 0.000000720. The number of primary amides is 1. The maximum absolute atomic E-state index is 12.0. The number of amides is 1. The van der Waals surface area contributed by atoms with E-state index in [2.05, 4.69) is 9.88 Å². The molecule has 2 atom stereocenters. The molecule has 5 N–H and O–H groups in total. The monoisotopic (exact) mass is 438 g/mol. The van der Waals surface area contributed by atoms with Crippen LogP contribution in [0.25, 0.3) is 0 Å². The molecule has 31 heavy (non-hydrogen) atoms. The Bertz CT molecular complexity index is 811. The minimum Gasteiger partial charge on any atom is -0.483 e. The summed E-state index contributed by atoms with van der Waals surface area (Å²) in [5.74, 6) is -0.641. The molecule has 2 fully saturated rings. The number of aryl methyl sites for hydroxylation is 2. The van der Waals surface area contributed by atoms with Crippen LogP contribution in [0.2, 0.25) is 0 Å². The van der Waals surface area contributed by atoms with Gasteiger partial charge in [0.1, 0.15) is 5.82 Å². The number of rotatable bonds is 3. The van der Waals surface area contributed by atoms with Crippen LogP contribution in [0, 0.1) is 19.3 Å². The molecule has 3 rings (SSSR count). The van der Waals surface area contributed by atoms with E-state index < -0.39 is 17.3 Å². The Kier molecular flexibility index (Phi) is 9.38. The van der Waals surface area contributed by atoms with Crippen molar-refractivity contribution < 1.29 is 34.5 Å². The van der Waals surface area contributed by atoms with Crippen molar-refractivity contribution in [3.63, 3.8) is 0 Å². The number of aliphatic carboxylic acids is 1. The van der Waals surface area contributed by atoms with Crippen LogP contribution in [0.5, 0.6) is 0 Å². The standard InChI is InChI=1S/C18H26N4O3.2CH2O2/c1-11-9-13(15(19)23)16(20-12(11)2)22-8-6-18(17(24)25)5-4-7-21(3)14(18)10-22;2*2-1-3/h9,14H,4-8,10H2,1-3H3,(H2,19,23)(H,24,25);2*1H,(H,2,3)/t14-,18+;;/m1../s1. The Morgan fingerprint density at radius 2 is 1.77 bits per heavy atom. The van der Waals surface area contributed by atoms with E-state index in [4.69, 9.17) is 25.5 Å². The van der Waals surface area contributed by atoms with Crippen LogP contribution in [-0.4, -0.2) is 82.7 Å². The number of aromatic nitrogens is 1. The zero-order valence-electron chi connectivity index (χ0n) is 17.9. The predicted molar refractivity (Wildman–Crippen MR) is 112 cm³/mol. The molecule has 0 bridgehead atoms. The number of likely N-dealkylation sites (N-methyl/N-ethyl adjacent to an activating group) is 1. The van der Waals surface area contributed by atoms with Crippen LogP contribution in [0.1, 0.15) is 40.9 Å². The summed E-state index contributed by atoms with van der Waals surface area (Å²) in [6.45, 7) is 5.29. The normalized spacial score (nSPS) is 22.5. The summed E-state index contributed by atoms with van der Waals surface area (Å²) < 4.78 is 0. The highest BCUT2D eigenvalue weighted by Crippen LogP contribution is 2.43. The highest BCUT2D eigenvalue weighted by Gasteiger charge is 2.52. The van der Waals surface area contributed by atoms with E-state index >= 15 is 0 Å². The van der Waals surface area contributed by atoms with Gasteiger partial charge in [-0.1, -0.05) is 0 Å². The van der Waals surface area contributed by atoms with Crippen LogP contribution in [0.3, 0.4) is 0 Å². The minimum absolute atomic E-state index is 0.100. The lowest BCUT2D eigenvalue weighted by Gasteiger charge is -2.52. The molecule has 11 nitrogen and oxygen atoms in total. The number of carboxylic acid groups (broad SMARTS) is 3. The second-order valence-corrected chi connectivity index (χ2v) is 7.59. The Morgan fingerprint density at radius 3 is 2.29 bits per heavy atom. The van der Waals surface area contributed by atoms with Gasteiger partial charge >= 0.3 is 5.97 Å². The fourth-order valence-electron chi connectivity index (χ4n) is 4.29. The van der Waals surface area contributed by atoms with Crippen LogP contribution in [0.15, 0.2) is 6.07 Å². The van der Waals surface area contributed by atoms with Crippen molar-refractivity contribution in [2.24, 2.45) is 11.1 Å². The van der Waals surface area contributed by atoms with Gasteiger partial charge in [0, 0.05) is 24.8 Å². The maximum Gasteiger partial charge on any atom is 0.311 e. The van der Waals surface area contributed by atoms with E-state index in [1.54, 1.807) is 6.07 Å². The van der Waals surface area contributed by atoms with Crippen molar-refractivity contribution in [3.05, 3.63) is 22.9 Å². The van der Waals surface area contributed by atoms with Crippen LogP contribution in [0.4, 0.5) is 5.82 Å². The van der Waals surface area contributed by atoms with Gasteiger partial charge < -0.3 is 30.9 Å². The molecule has 172 valence electrons. The van der Waals surface area contributed by atoms with Crippen molar-refractivity contribution in [2.45, 2.75) is 39.2 Å². The summed E-state index contributed by atoms with van der Waals surface area (Å²) in [4.78, 5) is 49.4. The number of nitrogens with zero attached hydrogens (tertiary/aromatic N) is 3. The van der Waals surface area contributed by atoms with Crippen LogP contribution >= 0.6 is 0 Å². The van der Waals surface area contributed by atoms with Gasteiger partial charge in [0.05, 0.1) is 11.0 Å². The molecule has 3 heterocycles. The molecule has 1 amide bonds. The largest absolute Gasteiger partial charge is 0.483 e. The van der Waals surface area contributed by atoms with Crippen molar-refractivity contribution in [2.75, 3.05) is 31.6 Å². The van der Waals surface area contributed by atoms with Gasteiger partial charge in [-0.2, -0.15) is 0 Å². The lowest BCUT2D eigenvalue weighted by atomic mass is 9.68. The lowest BCUT2D eigenvalue weighted by Crippen LogP contribution is -2.63. The third-order valence-corrected chi connectivity index (χ3v) is 5.96. The zero-order valence-corrected chi connectivity index (χ0v) is 17.9. The lowest BCUT2D eigenvalue weighted by molar-refractivity contribution is -0.158. The smallest absolute Gasteiger partial charge is 0.311 e. The van der Waals surface area contributed by atoms with E-state index in [-0.39, 0.29) is 19.0 Å². The second kappa shape index (κ2) is 11.3. The summed E-state index contributed by atoms with van der Waals surface area (Å²) >= 11 is 0. The molecule has 0 aliphatic carbocycles. The van der Waals surface area contributed by atoms with E-state index in [1.165, 1.54) is 0 Å². The minimum atomic E-state index is -0.716. The fraction of sp³-hybridized carbons (Fsp3) is 0.550. The zero-order chi connectivity index (χ0) is 23.8. The molecular weight excluding hydrogens is 408 g/mol. The van der Waals surface area contributed by atoms with Gasteiger partial charge in [-0.15, -0.1) is 0 Å².